The summed E-state index contributed by atoms with van der Waals surface area (Å²) < 4.78 is 47.9. The van der Waals surface area contributed by atoms with E-state index in [-0.39, 0.29) is 46.8 Å². The van der Waals surface area contributed by atoms with Crippen molar-refractivity contribution in [1.82, 2.24) is 24.6 Å². The van der Waals surface area contributed by atoms with Gasteiger partial charge in [-0.2, -0.15) is 13.2 Å². The van der Waals surface area contributed by atoms with Gasteiger partial charge in [-0.05, 0) is 32.8 Å². The molecule has 0 bridgehead atoms. The van der Waals surface area contributed by atoms with Crippen LogP contribution < -0.4 is 0 Å². The number of piperidine rings is 1. The number of pyridine rings is 1. The van der Waals surface area contributed by atoms with E-state index in [9.17, 15) is 18.0 Å². The van der Waals surface area contributed by atoms with Gasteiger partial charge in [-0.1, -0.05) is 5.16 Å². The van der Waals surface area contributed by atoms with Gasteiger partial charge in [0.05, 0.1) is 23.0 Å². The second kappa shape index (κ2) is 7.73. The Morgan fingerprint density at radius 1 is 1.40 bits per heavy atom. The van der Waals surface area contributed by atoms with Crippen LogP contribution in [-0.4, -0.2) is 43.6 Å². The third kappa shape index (κ3) is 3.90. The Balaban J connectivity index is 1.58. The Bertz CT molecular complexity index is 1040. The molecule has 3 aromatic rings. The number of carbonyl (C=O) groups is 1. The van der Waals surface area contributed by atoms with Crippen molar-refractivity contribution in [3.8, 4) is 0 Å². The van der Waals surface area contributed by atoms with E-state index < -0.39 is 11.7 Å². The van der Waals surface area contributed by atoms with Gasteiger partial charge in [0.25, 0.3) is 5.71 Å². The topological polar surface area (TPSA) is 77.0 Å². The average molecular weight is 421 g/mol. The molecule has 0 aliphatic carbocycles. The van der Waals surface area contributed by atoms with Gasteiger partial charge in [0.1, 0.15) is 0 Å². The van der Waals surface area contributed by atoms with Crippen LogP contribution in [-0.2, 0) is 11.0 Å². The van der Waals surface area contributed by atoms with Crippen molar-refractivity contribution in [3.63, 3.8) is 0 Å². The first-order valence-corrected chi connectivity index (χ1v) is 9.83. The molecular weight excluding hydrogens is 399 g/mol. The third-order valence-electron chi connectivity index (χ3n) is 5.57. The summed E-state index contributed by atoms with van der Waals surface area (Å²) in [5.41, 5.74) is -0.468. The molecule has 0 spiro atoms. The number of likely N-dealkylation sites (tertiary alicyclic amines) is 1. The molecule has 7 nitrogen and oxygen atoms in total. The van der Waals surface area contributed by atoms with Gasteiger partial charge in [-0.3, -0.25) is 4.79 Å². The van der Waals surface area contributed by atoms with Crippen LogP contribution in [0, 0.1) is 6.92 Å². The highest BCUT2D eigenvalue weighted by atomic mass is 19.4. The summed E-state index contributed by atoms with van der Waals surface area (Å²) in [7, 11) is 0. The monoisotopic (exact) mass is 421 g/mol. The van der Waals surface area contributed by atoms with Crippen molar-refractivity contribution in [2.75, 3.05) is 13.1 Å². The lowest BCUT2D eigenvalue weighted by Gasteiger charge is -2.33. The minimum absolute atomic E-state index is 0.0429. The molecule has 160 valence electrons. The zero-order chi connectivity index (χ0) is 21.5. The maximum absolute atomic E-state index is 13.6. The minimum Gasteiger partial charge on any atom is -0.342 e. The third-order valence-corrected chi connectivity index (χ3v) is 5.57. The van der Waals surface area contributed by atoms with Gasteiger partial charge in [-0.25, -0.2) is 9.97 Å². The van der Waals surface area contributed by atoms with Gasteiger partial charge < -0.3 is 14.0 Å². The maximum Gasteiger partial charge on any atom is 0.417 e. The maximum atomic E-state index is 13.6. The van der Waals surface area contributed by atoms with Crippen LogP contribution in [0.1, 0.15) is 55.1 Å². The number of halogens is 3. The van der Waals surface area contributed by atoms with E-state index in [2.05, 4.69) is 15.1 Å². The number of carbonyl (C=O) groups excluding carboxylic acids is 1. The van der Waals surface area contributed by atoms with Crippen molar-refractivity contribution in [2.45, 2.75) is 51.2 Å². The smallest absolute Gasteiger partial charge is 0.342 e. The fourth-order valence-electron chi connectivity index (χ4n) is 4.04. The first kappa shape index (κ1) is 20.4. The molecule has 0 radical (unpaired) electrons. The molecule has 0 unspecified atom stereocenters. The van der Waals surface area contributed by atoms with E-state index in [1.54, 1.807) is 23.6 Å². The van der Waals surface area contributed by atoms with Crippen LogP contribution in [0.15, 0.2) is 29.3 Å². The lowest BCUT2D eigenvalue weighted by Crippen LogP contribution is -2.40. The second-order valence-electron chi connectivity index (χ2n) is 7.80. The van der Waals surface area contributed by atoms with Crippen LogP contribution in [0.3, 0.4) is 0 Å². The molecule has 1 fully saturated rings. The normalized spacial score (nSPS) is 18.7. The van der Waals surface area contributed by atoms with E-state index in [1.165, 1.54) is 6.92 Å². The van der Waals surface area contributed by atoms with Gasteiger partial charge in [-0.15, -0.1) is 0 Å². The van der Waals surface area contributed by atoms with Crippen LogP contribution in [0.2, 0.25) is 0 Å². The lowest BCUT2D eigenvalue weighted by atomic mass is 9.91. The molecule has 30 heavy (non-hydrogen) atoms. The van der Waals surface area contributed by atoms with Gasteiger partial charge in [0, 0.05) is 49.6 Å². The largest absolute Gasteiger partial charge is 0.417 e. The summed E-state index contributed by atoms with van der Waals surface area (Å²) in [4.78, 5) is 22.6. The second-order valence-corrected chi connectivity index (χ2v) is 7.80. The molecule has 1 amide bonds. The van der Waals surface area contributed by atoms with E-state index in [4.69, 9.17) is 4.52 Å². The van der Waals surface area contributed by atoms with Crippen LogP contribution in [0.4, 0.5) is 13.2 Å². The van der Waals surface area contributed by atoms with Crippen LogP contribution >= 0.6 is 0 Å². The molecule has 0 saturated carbocycles. The summed E-state index contributed by atoms with van der Waals surface area (Å²) in [5.74, 6) is -0.378. The van der Waals surface area contributed by atoms with Crippen molar-refractivity contribution >= 4 is 17.0 Å². The van der Waals surface area contributed by atoms with Gasteiger partial charge >= 0.3 is 6.18 Å². The standard InChI is InChI=1S/C20H22F3N5O2/c1-12-8-15(20(21,22)23)17-18(26-30-19(17)25-12)14-4-3-6-27(10-14)16(29)9-13(2)28-7-5-24-11-28/h5,7-8,11,13-14H,3-4,6,9-10H2,1-2H3/t13-,14+/m1/s1. The van der Waals surface area contributed by atoms with Crippen molar-refractivity contribution in [3.05, 3.63) is 41.7 Å². The van der Waals surface area contributed by atoms with Crippen LogP contribution in [0.5, 0.6) is 0 Å². The zero-order valence-corrected chi connectivity index (χ0v) is 16.7. The van der Waals surface area contributed by atoms with E-state index in [0.29, 0.717) is 25.9 Å². The Morgan fingerprint density at radius 2 is 2.20 bits per heavy atom. The molecule has 4 rings (SSSR count). The van der Waals surface area contributed by atoms with Crippen molar-refractivity contribution in [1.29, 1.82) is 0 Å². The number of hydrogen-bond acceptors (Lipinski definition) is 5. The average Bonchev–Trinajstić information content (AvgIpc) is 3.36. The number of aryl methyl sites for hydroxylation is 1. The number of fused-ring (bicyclic) bond motifs is 1. The number of imidazole rings is 1. The lowest BCUT2D eigenvalue weighted by molar-refractivity contribution is -0.136. The minimum atomic E-state index is -4.54. The number of rotatable bonds is 4. The fraction of sp³-hybridized carbons (Fsp3) is 0.500. The number of alkyl halides is 3. The molecular formula is C20H22F3N5O2. The SMILES string of the molecule is Cc1cc(C(F)(F)F)c2c([C@H]3CCCN(C(=O)C[C@@H](C)n4ccnc4)C3)noc2n1. The van der Waals surface area contributed by atoms with E-state index >= 15 is 0 Å². The quantitative estimate of drug-likeness (QED) is 0.634. The first-order valence-electron chi connectivity index (χ1n) is 9.83. The Hall–Kier alpha value is -2.91. The molecule has 1 aliphatic heterocycles. The zero-order valence-electron chi connectivity index (χ0n) is 16.7. The highest BCUT2D eigenvalue weighted by molar-refractivity contribution is 5.82. The van der Waals surface area contributed by atoms with Crippen molar-refractivity contribution < 1.29 is 22.5 Å². The van der Waals surface area contributed by atoms with Gasteiger partial charge in [0.2, 0.25) is 5.91 Å². The Morgan fingerprint density at radius 3 is 2.90 bits per heavy atom. The van der Waals surface area contributed by atoms with E-state index in [0.717, 1.165) is 6.07 Å². The fourth-order valence-corrected chi connectivity index (χ4v) is 4.04. The van der Waals surface area contributed by atoms with E-state index in [1.807, 2.05) is 11.5 Å². The molecule has 0 N–H and O–H groups in total. The predicted molar refractivity (Wildman–Crippen MR) is 102 cm³/mol. The summed E-state index contributed by atoms with van der Waals surface area (Å²) in [6.45, 7) is 4.29. The van der Waals surface area contributed by atoms with Crippen molar-refractivity contribution in [2.24, 2.45) is 0 Å². The molecule has 4 heterocycles. The molecule has 3 aromatic heterocycles. The molecule has 0 aromatic carbocycles. The van der Waals surface area contributed by atoms with Crippen LogP contribution in [0.25, 0.3) is 11.1 Å². The molecule has 1 aliphatic rings. The Labute approximate surface area is 170 Å². The number of hydrogen-bond donors (Lipinski definition) is 0. The summed E-state index contributed by atoms with van der Waals surface area (Å²) in [5, 5.41) is 3.84. The molecule has 10 heteroatoms. The number of nitrogens with zero attached hydrogens (tertiary/aromatic N) is 5. The molecule has 2 atom stereocenters. The highest BCUT2D eigenvalue weighted by Gasteiger charge is 2.38. The summed E-state index contributed by atoms with van der Waals surface area (Å²) in [6, 6.07) is 0.957. The summed E-state index contributed by atoms with van der Waals surface area (Å²) in [6.07, 6.45) is 2.17. The Kier molecular flexibility index (Phi) is 5.25. The van der Waals surface area contributed by atoms with Gasteiger partial charge in [0.15, 0.2) is 0 Å². The first-order chi connectivity index (χ1) is 14.2. The number of amides is 1. The highest BCUT2D eigenvalue weighted by Crippen LogP contribution is 2.40. The predicted octanol–water partition coefficient (Wildman–Crippen LogP) is 4.10. The summed E-state index contributed by atoms with van der Waals surface area (Å²) >= 11 is 0. The number of aromatic nitrogens is 4. The molecule has 1 saturated heterocycles.